The Morgan fingerprint density at radius 2 is 1.67 bits per heavy atom. The number of rotatable bonds is 10. The van der Waals surface area contributed by atoms with E-state index in [9.17, 15) is 0 Å². The van der Waals surface area contributed by atoms with Gasteiger partial charge in [0.15, 0.2) is 0 Å². The van der Waals surface area contributed by atoms with Crippen LogP contribution < -0.4 is 5.73 Å². The number of hydrogen-bond acceptors (Lipinski definition) is 3. The van der Waals surface area contributed by atoms with Gasteiger partial charge >= 0.3 is 0 Å². The van der Waals surface area contributed by atoms with Crippen LogP contribution in [0.25, 0.3) is 0 Å². The van der Waals surface area contributed by atoms with Crippen LogP contribution in [0.15, 0.2) is 0 Å². The summed E-state index contributed by atoms with van der Waals surface area (Å²) < 4.78 is 0. The topological polar surface area (TPSA) is 56.4 Å². The van der Waals surface area contributed by atoms with Crippen molar-refractivity contribution in [3.63, 3.8) is 0 Å². The summed E-state index contributed by atoms with van der Waals surface area (Å²) in [5.41, 5.74) is 5.45. The maximum atomic E-state index is 7.54. The summed E-state index contributed by atoms with van der Waals surface area (Å²) in [7, 11) is 4.23. The predicted octanol–water partition coefficient (Wildman–Crippen LogP) is 2.00. The second-order valence-corrected chi connectivity index (χ2v) is 5.99. The zero-order valence-corrected chi connectivity index (χ0v) is 12.9. The van der Waals surface area contributed by atoms with Crippen LogP contribution in [-0.2, 0) is 0 Å². The molecule has 0 aromatic rings. The first-order valence-electron chi connectivity index (χ1n) is 7.01. The molecule has 0 saturated carbocycles. The van der Waals surface area contributed by atoms with E-state index >= 15 is 0 Å². The van der Waals surface area contributed by atoms with E-state index in [2.05, 4.69) is 44.7 Å². The molecule has 0 bridgehead atoms. The molecule has 0 aliphatic rings. The molecule has 3 N–H and O–H groups in total. The molecule has 0 atom stereocenters. The third kappa shape index (κ3) is 7.67. The number of nitrogens with zero attached hydrogens (tertiary/aromatic N) is 2. The second kappa shape index (κ2) is 8.48. The minimum absolute atomic E-state index is 0.150. The highest BCUT2D eigenvalue weighted by Gasteiger charge is 2.21. The van der Waals surface area contributed by atoms with E-state index < -0.39 is 0 Å². The number of nitrogens with two attached hydrogens (primary N) is 1. The van der Waals surface area contributed by atoms with Gasteiger partial charge in [-0.05, 0) is 59.5 Å². The summed E-state index contributed by atoms with van der Waals surface area (Å²) in [4.78, 5) is 4.71. The van der Waals surface area contributed by atoms with Crippen LogP contribution in [0.2, 0.25) is 0 Å². The molecule has 0 radical (unpaired) electrons. The molecule has 0 rings (SSSR count). The van der Waals surface area contributed by atoms with Gasteiger partial charge in [-0.1, -0.05) is 20.8 Å². The number of hydrogen-bond donors (Lipinski definition) is 2. The van der Waals surface area contributed by atoms with Crippen molar-refractivity contribution in [3.05, 3.63) is 0 Å². The number of amidine groups is 1. The standard InChI is InChI=1S/C14H32N4/c1-6-18(12-8-10-17(4)5)11-7-9-14(2,3)13(15)16/h6-12H2,1-5H3,(H3,15,16). The monoisotopic (exact) mass is 256 g/mol. The highest BCUT2D eigenvalue weighted by atomic mass is 15.1. The fourth-order valence-corrected chi connectivity index (χ4v) is 1.92. The molecular formula is C14H32N4. The van der Waals surface area contributed by atoms with Crippen LogP contribution in [0.4, 0.5) is 0 Å². The summed E-state index contributed by atoms with van der Waals surface area (Å²) in [5.74, 6) is 0.304. The van der Waals surface area contributed by atoms with Gasteiger partial charge in [-0.15, -0.1) is 0 Å². The Morgan fingerprint density at radius 3 is 2.11 bits per heavy atom. The minimum atomic E-state index is -0.150. The third-order valence-corrected chi connectivity index (χ3v) is 3.53. The lowest BCUT2D eigenvalue weighted by Crippen LogP contribution is -2.33. The Kier molecular flexibility index (Phi) is 8.20. The van der Waals surface area contributed by atoms with E-state index in [1.54, 1.807) is 0 Å². The largest absolute Gasteiger partial charge is 0.387 e. The van der Waals surface area contributed by atoms with Crippen molar-refractivity contribution < 1.29 is 0 Å². The molecule has 0 aromatic carbocycles. The maximum absolute atomic E-state index is 7.54. The molecular weight excluding hydrogens is 224 g/mol. The summed E-state index contributed by atoms with van der Waals surface area (Å²) in [6.07, 6.45) is 3.33. The van der Waals surface area contributed by atoms with Crippen LogP contribution in [0, 0.1) is 10.8 Å². The molecule has 0 saturated heterocycles. The van der Waals surface area contributed by atoms with Gasteiger partial charge in [0.1, 0.15) is 0 Å². The molecule has 108 valence electrons. The molecule has 0 unspecified atom stereocenters. The highest BCUT2D eigenvalue weighted by molar-refractivity contribution is 5.82. The first-order chi connectivity index (χ1) is 8.29. The van der Waals surface area contributed by atoms with Crippen LogP contribution >= 0.6 is 0 Å². The molecule has 4 nitrogen and oxygen atoms in total. The Bertz CT molecular complexity index is 236. The van der Waals surface area contributed by atoms with Crippen LogP contribution in [-0.4, -0.2) is 55.9 Å². The fraction of sp³-hybridized carbons (Fsp3) is 0.929. The smallest absolute Gasteiger partial charge is 0.0963 e. The Balaban J connectivity index is 3.83. The van der Waals surface area contributed by atoms with Gasteiger partial charge in [0.2, 0.25) is 0 Å². The van der Waals surface area contributed by atoms with Crippen LogP contribution in [0.5, 0.6) is 0 Å². The van der Waals surface area contributed by atoms with Crippen molar-refractivity contribution in [1.82, 2.24) is 9.80 Å². The third-order valence-electron chi connectivity index (χ3n) is 3.53. The second-order valence-electron chi connectivity index (χ2n) is 5.99. The van der Waals surface area contributed by atoms with Crippen LogP contribution in [0.1, 0.15) is 40.0 Å². The summed E-state index contributed by atoms with van der Waals surface area (Å²) in [5, 5.41) is 7.54. The Morgan fingerprint density at radius 1 is 1.11 bits per heavy atom. The zero-order valence-electron chi connectivity index (χ0n) is 12.9. The average molecular weight is 256 g/mol. The van der Waals surface area contributed by atoms with Gasteiger partial charge < -0.3 is 15.5 Å². The normalized spacial score (nSPS) is 12.4. The van der Waals surface area contributed by atoms with Gasteiger partial charge in [-0.2, -0.15) is 0 Å². The molecule has 0 fully saturated rings. The molecule has 4 heteroatoms. The fourth-order valence-electron chi connectivity index (χ4n) is 1.92. The van der Waals surface area contributed by atoms with Gasteiger partial charge in [0.05, 0.1) is 5.84 Å². The van der Waals surface area contributed by atoms with Gasteiger partial charge in [-0.25, -0.2) is 0 Å². The Hall–Kier alpha value is -0.610. The molecule has 18 heavy (non-hydrogen) atoms. The van der Waals surface area contributed by atoms with Gasteiger partial charge in [-0.3, -0.25) is 5.41 Å². The van der Waals surface area contributed by atoms with E-state index in [1.165, 1.54) is 6.42 Å². The minimum Gasteiger partial charge on any atom is -0.387 e. The van der Waals surface area contributed by atoms with E-state index in [0.29, 0.717) is 5.84 Å². The van der Waals surface area contributed by atoms with Crippen LogP contribution in [0.3, 0.4) is 0 Å². The summed E-state index contributed by atoms with van der Waals surface area (Å²) >= 11 is 0. The lowest BCUT2D eigenvalue weighted by atomic mass is 9.86. The lowest BCUT2D eigenvalue weighted by molar-refractivity contribution is 0.252. The molecule has 0 aliphatic heterocycles. The van der Waals surface area contributed by atoms with E-state index in [4.69, 9.17) is 11.1 Å². The van der Waals surface area contributed by atoms with Gasteiger partial charge in [0.25, 0.3) is 0 Å². The summed E-state index contributed by atoms with van der Waals surface area (Å²) in [6.45, 7) is 10.8. The molecule has 0 aliphatic carbocycles. The maximum Gasteiger partial charge on any atom is 0.0963 e. The molecule has 0 aromatic heterocycles. The predicted molar refractivity (Wildman–Crippen MR) is 80.2 cm³/mol. The van der Waals surface area contributed by atoms with Crippen molar-refractivity contribution >= 4 is 5.84 Å². The molecule has 0 spiro atoms. The summed E-state index contributed by atoms with van der Waals surface area (Å²) in [6, 6.07) is 0. The van der Waals surface area contributed by atoms with E-state index in [0.717, 1.165) is 39.0 Å². The number of nitrogens with one attached hydrogen (secondary N) is 1. The lowest BCUT2D eigenvalue weighted by Gasteiger charge is -2.26. The molecule has 0 amide bonds. The van der Waals surface area contributed by atoms with Crippen molar-refractivity contribution in [2.75, 3.05) is 40.3 Å². The highest BCUT2D eigenvalue weighted by Crippen LogP contribution is 2.21. The zero-order chi connectivity index (χ0) is 14.2. The van der Waals surface area contributed by atoms with E-state index in [1.807, 2.05) is 0 Å². The first-order valence-corrected chi connectivity index (χ1v) is 7.01. The van der Waals surface area contributed by atoms with Crippen molar-refractivity contribution in [1.29, 1.82) is 5.41 Å². The van der Waals surface area contributed by atoms with Crippen molar-refractivity contribution in [2.45, 2.75) is 40.0 Å². The van der Waals surface area contributed by atoms with Gasteiger partial charge in [0, 0.05) is 5.41 Å². The molecule has 0 heterocycles. The van der Waals surface area contributed by atoms with Crippen molar-refractivity contribution in [2.24, 2.45) is 11.1 Å². The Labute approximate surface area is 113 Å². The van der Waals surface area contributed by atoms with E-state index in [-0.39, 0.29) is 5.41 Å². The SMILES string of the molecule is CCN(CCCN(C)C)CCCC(C)(C)C(=N)N. The quantitative estimate of drug-likeness (QED) is 0.464. The van der Waals surface area contributed by atoms with Crippen molar-refractivity contribution in [3.8, 4) is 0 Å². The average Bonchev–Trinajstić information content (AvgIpc) is 2.26. The first kappa shape index (κ1) is 17.4.